The third-order valence-corrected chi connectivity index (χ3v) is 4.40. The van der Waals surface area contributed by atoms with Gasteiger partial charge in [0.2, 0.25) is 0 Å². The Kier molecular flexibility index (Phi) is 3.67. The molecule has 1 N–H and O–H groups in total. The minimum atomic E-state index is 0.277. The Morgan fingerprint density at radius 3 is 2.67 bits per heavy atom. The van der Waals surface area contributed by atoms with Crippen molar-refractivity contribution in [3.8, 4) is 0 Å². The molecule has 3 rings (SSSR count). The quantitative estimate of drug-likeness (QED) is 0.879. The van der Waals surface area contributed by atoms with Gasteiger partial charge in [-0.15, -0.1) is 0 Å². The summed E-state index contributed by atoms with van der Waals surface area (Å²) in [5, 5.41) is 3.52. The molecule has 1 saturated heterocycles. The summed E-state index contributed by atoms with van der Waals surface area (Å²) in [6.45, 7) is 1.95. The van der Waals surface area contributed by atoms with Crippen molar-refractivity contribution in [3.63, 3.8) is 0 Å². The number of benzene rings is 1. The summed E-state index contributed by atoms with van der Waals surface area (Å²) >= 11 is 0. The fourth-order valence-electron chi connectivity index (χ4n) is 3.40. The molecule has 2 heteroatoms. The molecule has 1 saturated carbocycles. The molecule has 2 nitrogen and oxygen atoms in total. The van der Waals surface area contributed by atoms with Crippen molar-refractivity contribution in [3.05, 3.63) is 35.9 Å². The molecule has 1 heterocycles. The van der Waals surface area contributed by atoms with Gasteiger partial charge in [-0.1, -0.05) is 43.2 Å². The molecule has 0 amide bonds. The Morgan fingerprint density at radius 1 is 1.11 bits per heavy atom. The number of ether oxygens (including phenoxy) is 1. The van der Waals surface area contributed by atoms with E-state index in [1.165, 1.54) is 44.1 Å². The highest BCUT2D eigenvalue weighted by Crippen LogP contribution is 2.43. The van der Waals surface area contributed by atoms with Crippen LogP contribution in [0.15, 0.2) is 30.3 Å². The molecule has 1 aromatic carbocycles. The molecule has 1 aromatic rings. The number of hydrogen-bond donors (Lipinski definition) is 1. The van der Waals surface area contributed by atoms with Crippen LogP contribution in [0, 0.1) is 0 Å². The second-order valence-corrected chi connectivity index (χ2v) is 5.79. The van der Waals surface area contributed by atoms with Crippen LogP contribution in [0.25, 0.3) is 0 Å². The Hall–Kier alpha value is -0.860. The average Bonchev–Trinajstić information content (AvgIpc) is 3.02. The smallest absolute Gasteiger partial charge is 0.0708 e. The van der Waals surface area contributed by atoms with Crippen LogP contribution >= 0.6 is 0 Å². The fraction of sp³-hybridized carbons (Fsp3) is 0.625. The summed E-state index contributed by atoms with van der Waals surface area (Å²) in [5.41, 5.74) is 1.63. The maximum Gasteiger partial charge on any atom is 0.0708 e. The highest BCUT2D eigenvalue weighted by molar-refractivity contribution is 5.14. The normalized spacial score (nSPS) is 25.9. The number of rotatable bonds is 4. The van der Waals surface area contributed by atoms with Crippen LogP contribution in [0.4, 0.5) is 0 Å². The lowest BCUT2D eigenvalue weighted by atomic mass is 9.98. The van der Waals surface area contributed by atoms with Crippen molar-refractivity contribution in [2.24, 2.45) is 0 Å². The van der Waals surface area contributed by atoms with E-state index in [4.69, 9.17) is 4.74 Å². The van der Waals surface area contributed by atoms with Crippen LogP contribution in [0.3, 0.4) is 0 Å². The van der Waals surface area contributed by atoms with Gasteiger partial charge in [0.05, 0.1) is 11.7 Å². The minimum Gasteiger partial charge on any atom is -0.370 e. The van der Waals surface area contributed by atoms with Crippen LogP contribution in [0.2, 0.25) is 0 Å². The maximum absolute atomic E-state index is 6.29. The van der Waals surface area contributed by atoms with Gasteiger partial charge in [-0.2, -0.15) is 0 Å². The molecule has 18 heavy (non-hydrogen) atoms. The molecule has 0 aromatic heterocycles. The highest BCUT2D eigenvalue weighted by Gasteiger charge is 2.41. The fourth-order valence-corrected chi connectivity index (χ4v) is 3.40. The molecule has 2 fully saturated rings. The Bertz CT molecular complexity index is 370. The van der Waals surface area contributed by atoms with E-state index in [1.807, 2.05) is 0 Å². The van der Waals surface area contributed by atoms with Gasteiger partial charge in [0, 0.05) is 13.1 Å². The molecular formula is C16H23NO. The zero-order chi connectivity index (χ0) is 12.3. The molecule has 0 bridgehead atoms. The van der Waals surface area contributed by atoms with Gasteiger partial charge in [0.1, 0.15) is 0 Å². The third kappa shape index (κ3) is 2.76. The predicted molar refractivity (Wildman–Crippen MR) is 73.5 cm³/mol. The third-order valence-electron chi connectivity index (χ3n) is 4.40. The molecule has 0 radical (unpaired) electrons. The first kappa shape index (κ1) is 12.2. The van der Waals surface area contributed by atoms with Gasteiger partial charge < -0.3 is 10.1 Å². The average molecular weight is 245 g/mol. The van der Waals surface area contributed by atoms with E-state index in [1.54, 1.807) is 0 Å². The Morgan fingerprint density at radius 2 is 1.89 bits per heavy atom. The van der Waals surface area contributed by atoms with Crippen LogP contribution in [0.1, 0.15) is 44.1 Å². The number of nitrogens with one attached hydrogen (secondary N) is 1. The largest absolute Gasteiger partial charge is 0.370 e. The lowest BCUT2D eigenvalue weighted by molar-refractivity contribution is -0.0351. The standard InChI is InChI=1S/C16H23NO/c1-2-6-14(7-3-1)12-17-13-15-8-11-16(18-15)9-4-5-10-16/h1-3,6-7,15,17H,4-5,8-13H2. The zero-order valence-corrected chi connectivity index (χ0v) is 11.0. The van der Waals surface area contributed by atoms with Crippen LogP contribution < -0.4 is 5.32 Å². The Balaban J connectivity index is 1.42. The summed E-state index contributed by atoms with van der Waals surface area (Å²) < 4.78 is 6.29. The molecular weight excluding hydrogens is 222 g/mol. The Labute approximate surface area is 110 Å². The molecule has 2 aliphatic rings. The van der Waals surface area contributed by atoms with E-state index in [0.717, 1.165) is 13.1 Å². The molecule has 1 aliphatic carbocycles. The van der Waals surface area contributed by atoms with Gasteiger partial charge in [0.15, 0.2) is 0 Å². The van der Waals surface area contributed by atoms with E-state index in [0.29, 0.717) is 6.10 Å². The summed E-state index contributed by atoms with van der Waals surface area (Å²) in [7, 11) is 0. The van der Waals surface area contributed by atoms with Crippen LogP contribution in [0.5, 0.6) is 0 Å². The second-order valence-electron chi connectivity index (χ2n) is 5.79. The van der Waals surface area contributed by atoms with Gasteiger partial charge in [0.25, 0.3) is 0 Å². The van der Waals surface area contributed by atoms with Gasteiger partial charge in [-0.05, 0) is 31.2 Å². The van der Waals surface area contributed by atoms with E-state index < -0.39 is 0 Å². The number of hydrogen-bond acceptors (Lipinski definition) is 2. The summed E-state index contributed by atoms with van der Waals surface area (Å²) in [6.07, 6.45) is 8.28. The van der Waals surface area contributed by atoms with E-state index in [9.17, 15) is 0 Å². The molecule has 1 aliphatic heterocycles. The summed E-state index contributed by atoms with van der Waals surface area (Å²) in [5.74, 6) is 0. The summed E-state index contributed by atoms with van der Waals surface area (Å²) in [6, 6.07) is 10.6. The SMILES string of the molecule is c1ccc(CNCC2CCC3(CCCC3)O2)cc1. The van der Waals surface area contributed by atoms with Crippen molar-refractivity contribution in [1.82, 2.24) is 5.32 Å². The van der Waals surface area contributed by atoms with E-state index in [2.05, 4.69) is 35.6 Å². The van der Waals surface area contributed by atoms with Crippen molar-refractivity contribution < 1.29 is 4.74 Å². The first-order valence-electron chi connectivity index (χ1n) is 7.29. The highest BCUT2D eigenvalue weighted by atomic mass is 16.5. The zero-order valence-electron chi connectivity index (χ0n) is 11.0. The first-order chi connectivity index (χ1) is 8.86. The van der Waals surface area contributed by atoms with Gasteiger partial charge in [-0.3, -0.25) is 0 Å². The molecule has 1 atom stereocenters. The van der Waals surface area contributed by atoms with Gasteiger partial charge in [-0.25, -0.2) is 0 Å². The van der Waals surface area contributed by atoms with Crippen LogP contribution in [-0.2, 0) is 11.3 Å². The van der Waals surface area contributed by atoms with E-state index in [-0.39, 0.29) is 5.60 Å². The van der Waals surface area contributed by atoms with Crippen molar-refractivity contribution >= 4 is 0 Å². The summed E-state index contributed by atoms with van der Waals surface area (Å²) in [4.78, 5) is 0. The lowest BCUT2D eigenvalue weighted by Crippen LogP contribution is -2.30. The van der Waals surface area contributed by atoms with E-state index >= 15 is 0 Å². The second kappa shape index (κ2) is 5.41. The minimum absolute atomic E-state index is 0.277. The molecule has 1 spiro atoms. The lowest BCUT2D eigenvalue weighted by Gasteiger charge is -2.23. The van der Waals surface area contributed by atoms with Gasteiger partial charge >= 0.3 is 0 Å². The van der Waals surface area contributed by atoms with Crippen molar-refractivity contribution in [2.75, 3.05) is 6.54 Å². The monoisotopic (exact) mass is 245 g/mol. The predicted octanol–water partition coefficient (Wildman–Crippen LogP) is 3.27. The topological polar surface area (TPSA) is 21.3 Å². The first-order valence-corrected chi connectivity index (χ1v) is 7.29. The molecule has 98 valence electrons. The van der Waals surface area contributed by atoms with Crippen molar-refractivity contribution in [2.45, 2.75) is 56.8 Å². The van der Waals surface area contributed by atoms with Crippen LogP contribution in [-0.4, -0.2) is 18.2 Å². The molecule has 1 unspecified atom stereocenters. The maximum atomic E-state index is 6.29. The van der Waals surface area contributed by atoms with Crippen molar-refractivity contribution in [1.29, 1.82) is 0 Å².